The Bertz CT molecular complexity index is 604. The summed E-state index contributed by atoms with van der Waals surface area (Å²) in [5, 5.41) is 11.5. The smallest absolute Gasteiger partial charge is 0.306 e. The van der Waals surface area contributed by atoms with Crippen molar-refractivity contribution in [2.75, 3.05) is 6.61 Å². The van der Waals surface area contributed by atoms with Crippen molar-refractivity contribution in [2.24, 2.45) is 5.92 Å². The molecule has 0 fully saturated rings. The molecule has 0 spiro atoms. The topological polar surface area (TPSA) is 98.5 Å². The van der Waals surface area contributed by atoms with Gasteiger partial charge in [0.15, 0.2) is 0 Å². The lowest BCUT2D eigenvalue weighted by Crippen LogP contribution is -2.48. The summed E-state index contributed by atoms with van der Waals surface area (Å²) >= 11 is 0. The lowest BCUT2D eigenvalue weighted by molar-refractivity contribution is -0.528. The Kier molecular flexibility index (Phi) is 8.71. The maximum Gasteiger partial charge on any atom is 0.306 e. The minimum atomic E-state index is -1.57. The molecule has 0 aliphatic heterocycles. The molecule has 0 aliphatic rings. The Labute approximate surface area is 150 Å². The SMILES string of the molecule is CCOC(=O)CC[C@H]([C@@H](N[S@@](=O)c1ccc(C)cc1)C(C)C)[N+](=O)[O-]. The van der Waals surface area contributed by atoms with Crippen molar-refractivity contribution in [1.82, 2.24) is 4.72 Å². The zero-order valence-electron chi connectivity index (χ0n) is 15.1. The molecule has 1 rings (SSSR count). The second-order valence-corrected chi connectivity index (χ2v) is 7.41. The summed E-state index contributed by atoms with van der Waals surface area (Å²) in [6.45, 7) is 7.50. The standard InChI is InChI=1S/C17H26N2O5S/c1-5-24-16(20)11-10-15(19(21)22)17(12(2)3)18-25(23)14-8-6-13(4)7-9-14/h6-9,12,15,17-18H,5,10-11H2,1-4H3/t15-,17+,25+/m1/s1. The molecule has 1 N–H and O–H groups in total. The summed E-state index contributed by atoms with van der Waals surface area (Å²) in [6, 6.07) is 5.48. The summed E-state index contributed by atoms with van der Waals surface area (Å²) in [6.07, 6.45) is -0.00562. The first-order valence-corrected chi connectivity index (χ1v) is 9.45. The number of nitrogens with one attached hydrogen (secondary N) is 1. The summed E-state index contributed by atoms with van der Waals surface area (Å²) in [7, 11) is -1.57. The number of esters is 1. The van der Waals surface area contributed by atoms with Crippen LogP contribution in [0.1, 0.15) is 39.2 Å². The fourth-order valence-electron chi connectivity index (χ4n) is 2.43. The predicted molar refractivity (Wildman–Crippen MR) is 96.0 cm³/mol. The first kappa shape index (κ1) is 21.2. The molecule has 0 aliphatic carbocycles. The zero-order chi connectivity index (χ0) is 19.0. The normalized spacial score (nSPS) is 14.8. The van der Waals surface area contributed by atoms with Gasteiger partial charge in [-0.05, 0) is 31.9 Å². The summed E-state index contributed by atoms with van der Waals surface area (Å²) in [5.74, 6) is -0.594. The van der Waals surface area contributed by atoms with Gasteiger partial charge in [-0.3, -0.25) is 14.9 Å². The molecule has 0 amide bonds. The van der Waals surface area contributed by atoms with E-state index in [9.17, 15) is 19.1 Å². The summed E-state index contributed by atoms with van der Waals surface area (Å²) in [5.41, 5.74) is 1.04. The van der Waals surface area contributed by atoms with E-state index in [1.165, 1.54) is 0 Å². The third-order valence-electron chi connectivity index (χ3n) is 3.83. The van der Waals surface area contributed by atoms with Gasteiger partial charge in [-0.2, -0.15) is 0 Å². The van der Waals surface area contributed by atoms with Crippen molar-refractivity contribution in [3.63, 3.8) is 0 Å². The van der Waals surface area contributed by atoms with Crippen molar-refractivity contribution in [2.45, 2.75) is 57.5 Å². The number of hydrogen-bond donors (Lipinski definition) is 1. The number of aryl methyl sites for hydroxylation is 1. The number of benzene rings is 1. The number of rotatable bonds is 10. The number of hydrogen-bond acceptors (Lipinski definition) is 5. The molecule has 1 aromatic carbocycles. The number of ether oxygens (including phenoxy) is 1. The molecule has 0 unspecified atom stereocenters. The highest BCUT2D eigenvalue weighted by molar-refractivity contribution is 7.83. The maximum absolute atomic E-state index is 12.5. The first-order valence-electron chi connectivity index (χ1n) is 8.30. The number of carbonyl (C=O) groups is 1. The largest absolute Gasteiger partial charge is 0.466 e. The molecule has 0 saturated carbocycles. The van der Waals surface area contributed by atoms with Gasteiger partial charge in [-0.25, -0.2) is 8.93 Å². The molecule has 7 nitrogen and oxygen atoms in total. The minimum Gasteiger partial charge on any atom is -0.466 e. The summed E-state index contributed by atoms with van der Waals surface area (Å²) < 4.78 is 20.2. The zero-order valence-corrected chi connectivity index (χ0v) is 15.9. The Morgan fingerprint density at radius 1 is 1.32 bits per heavy atom. The van der Waals surface area contributed by atoms with Crippen LogP contribution in [-0.4, -0.2) is 33.8 Å². The van der Waals surface area contributed by atoms with Gasteiger partial charge in [-0.15, -0.1) is 0 Å². The molecular weight excluding hydrogens is 344 g/mol. The van der Waals surface area contributed by atoms with Crippen LogP contribution in [0, 0.1) is 23.0 Å². The highest BCUT2D eigenvalue weighted by Gasteiger charge is 2.35. The second kappa shape index (κ2) is 10.2. The highest BCUT2D eigenvalue weighted by atomic mass is 32.2. The van der Waals surface area contributed by atoms with Crippen LogP contribution in [0.4, 0.5) is 0 Å². The molecule has 3 atom stereocenters. The van der Waals surface area contributed by atoms with E-state index in [0.717, 1.165) is 5.56 Å². The highest BCUT2D eigenvalue weighted by Crippen LogP contribution is 2.17. The van der Waals surface area contributed by atoms with E-state index in [-0.39, 0.29) is 25.4 Å². The fourth-order valence-corrected chi connectivity index (χ4v) is 3.62. The van der Waals surface area contributed by atoms with Crippen molar-refractivity contribution < 1.29 is 18.7 Å². The van der Waals surface area contributed by atoms with E-state index >= 15 is 0 Å². The molecule has 140 valence electrons. The van der Waals surface area contributed by atoms with Crippen molar-refractivity contribution in [3.8, 4) is 0 Å². The first-order chi connectivity index (χ1) is 11.8. The van der Waals surface area contributed by atoms with E-state index in [4.69, 9.17) is 4.74 Å². The quantitative estimate of drug-likeness (QED) is 0.388. The van der Waals surface area contributed by atoms with Crippen LogP contribution in [0.25, 0.3) is 0 Å². The van der Waals surface area contributed by atoms with Crippen LogP contribution in [-0.2, 0) is 20.5 Å². The van der Waals surface area contributed by atoms with Gasteiger partial charge >= 0.3 is 5.97 Å². The Balaban J connectivity index is 2.86. The molecule has 0 aromatic heterocycles. The van der Waals surface area contributed by atoms with Gasteiger partial charge in [-0.1, -0.05) is 31.5 Å². The number of nitrogens with zero attached hydrogens (tertiary/aromatic N) is 1. The van der Waals surface area contributed by atoms with Crippen LogP contribution in [0.2, 0.25) is 0 Å². The lowest BCUT2D eigenvalue weighted by Gasteiger charge is -2.24. The molecule has 1 aromatic rings. The number of nitro groups is 1. The van der Waals surface area contributed by atoms with Crippen LogP contribution in [0.5, 0.6) is 0 Å². The van der Waals surface area contributed by atoms with Gasteiger partial charge in [0.1, 0.15) is 11.0 Å². The third-order valence-corrected chi connectivity index (χ3v) is 5.02. The van der Waals surface area contributed by atoms with Gasteiger partial charge < -0.3 is 4.74 Å². The number of carbonyl (C=O) groups excluding carboxylic acids is 1. The van der Waals surface area contributed by atoms with E-state index in [2.05, 4.69) is 4.72 Å². The van der Waals surface area contributed by atoms with Gasteiger partial charge in [0.25, 0.3) is 0 Å². The lowest BCUT2D eigenvalue weighted by atomic mass is 9.94. The van der Waals surface area contributed by atoms with E-state index in [1.54, 1.807) is 19.1 Å². The van der Waals surface area contributed by atoms with Crippen molar-refractivity contribution in [3.05, 3.63) is 39.9 Å². The molecule has 0 saturated heterocycles. The summed E-state index contributed by atoms with van der Waals surface area (Å²) in [4.78, 5) is 23.2. The van der Waals surface area contributed by atoms with Crippen LogP contribution in [0.3, 0.4) is 0 Å². The fraction of sp³-hybridized carbons (Fsp3) is 0.588. The average Bonchev–Trinajstić information content (AvgIpc) is 2.54. The van der Waals surface area contributed by atoms with Crippen LogP contribution >= 0.6 is 0 Å². The van der Waals surface area contributed by atoms with Gasteiger partial charge in [0.05, 0.1) is 24.0 Å². The van der Waals surface area contributed by atoms with Crippen LogP contribution in [0.15, 0.2) is 29.2 Å². The van der Waals surface area contributed by atoms with E-state index in [0.29, 0.717) is 4.90 Å². The predicted octanol–water partition coefficient (Wildman–Crippen LogP) is 2.62. The second-order valence-electron chi connectivity index (χ2n) is 6.17. The Morgan fingerprint density at radius 2 is 1.92 bits per heavy atom. The Hall–Kier alpha value is -1.80. The molecule has 0 bridgehead atoms. The Morgan fingerprint density at radius 3 is 2.40 bits per heavy atom. The molecule has 25 heavy (non-hydrogen) atoms. The molecule has 8 heteroatoms. The van der Waals surface area contributed by atoms with Crippen LogP contribution < -0.4 is 4.72 Å². The van der Waals surface area contributed by atoms with E-state index < -0.39 is 34.0 Å². The molecule has 0 radical (unpaired) electrons. The average molecular weight is 370 g/mol. The van der Waals surface area contributed by atoms with Crippen molar-refractivity contribution in [1.29, 1.82) is 0 Å². The van der Waals surface area contributed by atoms with Gasteiger partial charge in [0.2, 0.25) is 6.04 Å². The monoisotopic (exact) mass is 370 g/mol. The van der Waals surface area contributed by atoms with Gasteiger partial charge in [0, 0.05) is 11.3 Å². The van der Waals surface area contributed by atoms with E-state index in [1.807, 2.05) is 32.9 Å². The minimum absolute atomic E-state index is 0.0345. The molecular formula is C17H26N2O5S. The third kappa shape index (κ3) is 6.91. The maximum atomic E-state index is 12.5. The van der Waals surface area contributed by atoms with Crippen molar-refractivity contribution >= 4 is 17.0 Å². The molecule has 0 heterocycles.